The van der Waals surface area contributed by atoms with E-state index in [1.807, 2.05) is 0 Å². The lowest BCUT2D eigenvalue weighted by atomic mass is 9.72. The highest BCUT2D eigenvalue weighted by molar-refractivity contribution is 14.0. The maximum atomic E-state index is 9.53. The molecular formula is C23H39IN4O. The van der Waals surface area contributed by atoms with Crippen molar-refractivity contribution < 1.29 is 5.11 Å². The van der Waals surface area contributed by atoms with Crippen LogP contribution < -0.4 is 15.5 Å². The highest BCUT2D eigenvalue weighted by atomic mass is 127. The van der Waals surface area contributed by atoms with Gasteiger partial charge in [-0.05, 0) is 56.1 Å². The molecule has 164 valence electrons. The van der Waals surface area contributed by atoms with Crippen LogP contribution in [0.1, 0.15) is 51.9 Å². The van der Waals surface area contributed by atoms with Crippen molar-refractivity contribution in [2.75, 3.05) is 44.2 Å². The summed E-state index contributed by atoms with van der Waals surface area (Å²) >= 11 is 0. The van der Waals surface area contributed by atoms with E-state index in [4.69, 9.17) is 4.99 Å². The number of aliphatic hydroxyl groups excluding tert-OH is 1. The first kappa shape index (κ1) is 24.3. The second-order valence-electron chi connectivity index (χ2n) is 8.55. The van der Waals surface area contributed by atoms with Crippen molar-refractivity contribution >= 4 is 35.6 Å². The van der Waals surface area contributed by atoms with Gasteiger partial charge in [0.1, 0.15) is 0 Å². The predicted molar refractivity (Wildman–Crippen MR) is 133 cm³/mol. The molecule has 5 nitrogen and oxygen atoms in total. The lowest BCUT2D eigenvalue weighted by Crippen LogP contribution is -2.41. The number of hydrogen-bond acceptors (Lipinski definition) is 3. The van der Waals surface area contributed by atoms with E-state index in [9.17, 15) is 5.11 Å². The van der Waals surface area contributed by atoms with E-state index in [1.165, 1.54) is 44.2 Å². The molecule has 29 heavy (non-hydrogen) atoms. The molecule has 1 aliphatic carbocycles. The molecule has 1 unspecified atom stereocenters. The Hall–Kier alpha value is -1.02. The van der Waals surface area contributed by atoms with Crippen molar-refractivity contribution in [1.29, 1.82) is 0 Å². The number of hydrogen-bond donors (Lipinski definition) is 3. The van der Waals surface area contributed by atoms with Gasteiger partial charge < -0.3 is 20.6 Å². The summed E-state index contributed by atoms with van der Waals surface area (Å²) in [4.78, 5) is 7.42. The third kappa shape index (κ3) is 7.31. The molecule has 3 rings (SSSR count). The Morgan fingerprint density at radius 2 is 1.93 bits per heavy atom. The second kappa shape index (κ2) is 12.6. The van der Waals surface area contributed by atoms with Gasteiger partial charge in [0.05, 0.1) is 0 Å². The molecule has 1 aliphatic heterocycles. The van der Waals surface area contributed by atoms with Crippen LogP contribution in [0, 0.1) is 11.3 Å². The summed E-state index contributed by atoms with van der Waals surface area (Å²) in [5.41, 5.74) is 1.53. The van der Waals surface area contributed by atoms with Gasteiger partial charge in [-0.3, -0.25) is 4.99 Å². The molecule has 3 N–H and O–H groups in total. The molecule has 0 spiro atoms. The molecule has 1 saturated carbocycles. The van der Waals surface area contributed by atoms with Crippen molar-refractivity contribution in [1.82, 2.24) is 10.6 Å². The second-order valence-corrected chi connectivity index (χ2v) is 8.55. The Morgan fingerprint density at radius 1 is 1.17 bits per heavy atom. The van der Waals surface area contributed by atoms with Crippen LogP contribution in [0.3, 0.4) is 0 Å². The number of guanidine groups is 1. The Balaban J connectivity index is 0.00000300. The minimum atomic E-state index is 0. The van der Waals surface area contributed by atoms with Crippen LogP contribution in [-0.4, -0.2) is 50.4 Å². The Kier molecular flexibility index (Phi) is 10.6. The van der Waals surface area contributed by atoms with Crippen LogP contribution >= 0.6 is 24.0 Å². The quantitative estimate of drug-likeness (QED) is 0.279. The van der Waals surface area contributed by atoms with Crippen LogP contribution in [0.4, 0.5) is 5.69 Å². The fraction of sp³-hybridized carbons (Fsp3) is 0.696. The summed E-state index contributed by atoms with van der Waals surface area (Å²) in [7, 11) is 0. The van der Waals surface area contributed by atoms with Gasteiger partial charge in [-0.25, -0.2) is 0 Å². The Bertz CT molecular complexity index is 599. The summed E-state index contributed by atoms with van der Waals surface area (Å²) in [6, 6.07) is 10.7. The van der Waals surface area contributed by atoms with E-state index in [0.29, 0.717) is 5.92 Å². The standard InChI is InChI=1S/C23H38N4O.HI/c1-2-24-22(26-19-23(14-16-28)12-7-4-8-13-23)25-17-20-11-15-27(18-20)21-9-5-3-6-10-21;/h3,5-6,9-10,20,28H,2,4,7-8,11-19H2,1H3,(H2,24,25,26);1H. The molecule has 1 saturated heterocycles. The van der Waals surface area contributed by atoms with Crippen molar-refractivity contribution in [2.24, 2.45) is 16.3 Å². The van der Waals surface area contributed by atoms with Gasteiger partial charge in [0.15, 0.2) is 5.96 Å². The van der Waals surface area contributed by atoms with E-state index in [1.54, 1.807) is 0 Å². The number of nitrogens with zero attached hydrogens (tertiary/aromatic N) is 2. The van der Waals surface area contributed by atoms with E-state index < -0.39 is 0 Å². The molecule has 2 aliphatic rings. The van der Waals surface area contributed by atoms with Crippen molar-refractivity contribution in [3.63, 3.8) is 0 Å². The first-order valence-electron chi connectivity index (χ1n) is 11.2. The van der Waals surface area contributed by atoms with Crippen molar-refractivity contribution in [2.45, 2.75) is 51.9 Å². The minimum Gasteiger partial charge on any atom is -0.396 e. The van der Waals surface area contributed by atoms with Crippen LogP contribution in [0.15, 0.2) is 35.3 Å². The molecule has 1 aromatic rings. The monoisotopic (exact) mass is 514 g/mol. The maximum Gasteiger partial charge on any atom is 0.191 e. The molecule has 1 aromatic carbocycles. The van der Waals surface area contributed by atoms with Gasteiger partial charge in [-0.15, -0.1) is 24.0 Å². The number of nitrogens with one attached hydrogen (secondary N) is 2. The number of aliphatic hydroxyl groups is 1. The van der Waals surface area contributed by atoms with Crippen LogP contribution in [0.5, 0.6) is 0 Å². The summed E-state index contributed by atoms with van der Waals surface area (Å²) in [6.07, 6.45) is 8.37. The van der Waals surface area contributed by atoms with Gasteiger partial charge in [-0.2, -0.15) is 0 Å². The van der Waals surface area contributed by atoms with Crippen molar-refractivity contribution in [3.05, 3.63) is 30.3 Å². The zero-order valence-electron chi connectivity index (χ0n) is 17.9. The molecule has 1 atom stereocenters. The predicted octanol–water partition coefficient (Wildman–Crippen LogP) is 4.02. The number of halogens is 1. The number of rotatable bonds is 8. The highest BCUT2D eigenvalue weighted by Crippen LogP contribution is 2.39. The normalized spacial score (nSPS) is 21.5. The van der Waals surface area contributed by atoms with Crippen molar-refractivity contribution in [3.8, 4) is 0 Å². The molecule has 1 heterocycles. The van der Waals surface area contributed by atoms with E-state index in [-0.39, 0.29) is 36.0 Å². The fourth-order valence-corrected chi connectivity index (χ4v) is 4.73. The van der Waals surface area contributed by atoms with Gasteiger partial charge in [0.2, 0.25) is 0 Å². The summed E-state index contributed by atoms with van der Waals surface area (Å²) in [6.45, 7) is 7.28. The van der Waals surface area contributed by atoms with Gasteiger partial charge in [0, 0.05) is 45.0 Å². The maximum absolute atomic E-state index is 9.53. The van der Waals surface area contributed by atoms with Crippen LogP contribution in [-0.2, 0) is 0 Å². The number of benzene rings is 1. The molecule has 2 fully saturated rings. The lowest BCUT2D eigenvalue weighted by molar-refractivity contribution is 0.137. The van der Waals surface area contributed by atoms with E-state index >= 15 is 0 Å². The van der Waals surface area contributed by atoms with E-state index in [2.05, 4.69) is 52.8 Å². The zero-order chi connectivity index (χ0) is 19.7. The Labute approximate surface area is 193 Å². The topological polar surface area (TPSA) is 59.9 Å². The fourth-order valence-electron chi connectivity index (χ4n) is 4.73. The molecule has 0 aromatic heterocycles. The summed E-state index contributed by atoms with van der Waals surface area (Å²) < 4.78 is 0. The summed E-state index contributed by atoms with van der Waals surface area (Å²) in [5.74, 6) is 1.58. The average molecular weight is 514 g/mol. The Morgan fingerprint density at radius 3 is 2.62 bits per heavy atom. The third-order valence-electron chi connectivity index (χ3n) is 6.44. The molecule has 0 radical (unpaired) electrons. The number of aliphatic imine (C=N–C) groups is 1. The largest absolute Gasteiger partial charge is 0.396 e. The van der Waals surface area contributed by atoms with Gasteiger partial charge in [-0.1, -0.05) is 37.5 Å². The summed E-state index contributed by atoms with van der Waals surface area (Å²) in [5, 5.41) is 16.5. The number of anilines is 1. The minimum absolute atomic E-state index is 0. The van der Waals surface area contributed by atoms with E-state index in [0.717, 1.165) is 45.1 Å². The lowest BCUT2D eigenvalue weighted by Gasteiger charge is -2.35. The molecular weight excluding hydrogens is 475 g/mol. The number of para-hydroxylation sites is 1. The average Bonchev–Trinajstić information content (AvgIpc) is 3.21. The smallest absolute Gasteiger partial charge is 0.191 e. The molecule has 0 bridgehead atoms. The first-order chi connectivity index (χ1) is 13.7. The van der Waals surface area contributed by atoms with Crippen LogP contribution in [0.2, 0.25) is 0 Å². The molecule has 6 heteroatoms. The van der Waals surface area contributed by atoms with Gasteiger partial charge >= 0.3 is 0 Å². The van der Waals surface area contributed by atoms with Crippen LogP contribution in [0.25, 0.3) is 0 Å². The highest BCUT2D eigenvalue weighted by Gasteiger charge is 2.31. The SMILES string of the molecule is CCNC(=NCC1(CCO)CCCCC1)NCC1CCN(c2ccccc2)C1.I. The van der Waals surface area contributed by atoms with Gasteiger partial charge in [0.25, 0.3) is 0 Å². The third-order valence-corrected chi connectivity index (χ3v) is 6.44. The zero-order valence-corrected chi connectivity index (χ0v) is 20.2. The molecule has 0 amide bonds. The first-order valence-corrected chi connectivity index (χ1v) is 11.2.